The number of hydrogen-bond acceptors (Lipinski definition) is 5. The molecule has 144 valence electrons. The fraction of sp³-hybridized carbons (Fsp3) is 0.333. The van der Waals surface area contributed by atoms with Crippen molar-refractivity contribution in [2.24, 2.45) is 0 Å². The van der Waals surface area contributed by atoms with Crippen molar-refractivity contribution in [3.05, 3.63) is 60.3 Å². The van der Waals surface area contributed by atoms with E-state index in [0.717, 1.165) is 29.9 Å². The fourth-order valence-electron chi connectivity index (χ4n) is 3.76. The Morgan fingerprint density at radius 1 is 1.07 bits per heavy atom. The van der Waals surface area contributed by atoms with E-state index in [2.05, 4.69) is 26.4 Å². The number of hydrogen-bond donors (Lipinski definition) is 0. The summed E-state index contributed by atoms with van der Waals surface area (Å²) < 4.78 is 7.36. The SMILES string of the molecule is COc1ccc(C(=O)N2CCC(n3c(C)cnc3-c3ccncc3)CC2)cn1. The maximum atomic E-state index is 12.8. The number of ether oxygens (including phenoxy) is 1. The van der Waals surface area contributed by atoms with Crippen LogP contribution in [0.4, 0.5) is 0 Å². The Morgan fingerprint density at radius 2 is 1.82 bits per heavy atom. The minimum Gasteiger partial charge on any atom is -0.481 e. The number of methoxy groups -OCH3 is 1. The van der Waals surface area contributed by atoms with Crippen LogP contribution in [0.15, 0.2) is 49.1 Å². The van der Waals surface area contributed by atoms with E-state index in [1.165, 1.54) is 0 Å². The molecule has 1 fully saturated rings. The molecule has 0 bridgehead atoms. The predicted octanol–water partition coefficient (Wildman–Crippen LogP) is 3.13. The van der Waals surface area contributed by atoms with Gasteiger partial charge in [0.05, 0.1) is 12.7 Å². The summed E-state index contributed by atoms with van der Waals surface area (Å²) in [7, 11) is 1.56. The lowest BCUT2D eigenvalue weighted by Gasteiger charge is -2.34. The van der Waals surface area contributed by atoms with E-state index in [1.807, 2.05) is 23.2 Å². The second-order valence-electron chi connectivity index (χ2n) is 6.94. The quantitative estimate of drug-likeness (QED) is 0.698. The smallest absolute Gasteiger partial charge is 0.255 e. The van der Waals surface area contributed by atoms with E-state index < -0.39 is 0 Å². The monoisotopic (exact) mass is 377 g/mol. The highest BCUT2D eigenvalue weighted by Gasteiger charge is 2.27. The van der Waals surface area contributed by atoms with Crippen molar-refractivity contribution in [1.82, 2.24) is 24.4 Å². The maximum Gasteiger partial charge on any atom is 0.255 e. The average Bonchev–Trinajstić information content (AvgIpc) is 3.15. The molecule has 0 aliphatic carbocycles. The van der Waals surface area contributed by atoms with Crippen LogP contribution < -0.4 is 4.74 Å². The van der Waals surface area contributed by atoms with Crippen LogP contribution in [0.25, 0.3) is 11.4 Å². The summed E-state index contributed by atoms with van der Waals surface area (Å²) in [5.41, 5.74) is 2.79. The summed E-state index contributed by atoms with van der Waals surface area (Å²) in [6.45, 7) is 3.50. The van der Waals surface area contributed by atoms with Gasteiger partial charge in [0.25, 0.3) is 5.91 Å². The van der Waals surface area contributed by atoms with Crippen LogP contribution in [0.1, 0.15) is 34.9 Å². The normalized spacial score (nSPS) is 14.9. The number of imidazole rings is 1. The molecule has 0 unspecified atom stereocenters. The van der Waals surface area contributed by atoms with E-state index in [4.69, 9.17) is 4.74 Å². The summed E-state index contributed by atoms with van der Waals surface area (Å²) in [5.74, 6) is 1.49. The van der Waals surface area contributed by atoms with Crippen LogP contribution in [0.3, 0.4) is 0 Å². The first kappa shape index (κ1) is 18.2. The molecule has 0 N–H and O–H groups in total. The summed E-state index contributed by atoms with van der Waals surface area (Å²) in [5, 5.41) is 0. The van der Waals surface area contributed by atoms with Gasteiger partial charge in [-0.1, -0.05) is 0 Å². The molecule has 1 aliphatic rings. The molecular formula is C21H23N5O2. The zero-order chi connectivity index (χ0) is 19.5. The molecule has 4 rings (SSSR count). The average molecular weight is 377 g/mol. The Labute approximate surface area is 164 Å². The van der Waals surface area contributed by atoms with Gasteiger partial charge in [-0.2, -0.15) is 0 Å². The van der Waals surface area contributed by atoms with Crippen LogP contribution >= 0.6 is 0 Å². The predicted molar refractivity (Wildman–Crippen MR) is 105 cm³/mol. The number of likely N-dealkylation sites (tertiary alicyclic amines) is 1. The van der Waals surface area contributed by atoms with Crippen LogP contribution in [-0.4, -0.2) is 50.5 Å². The topological polar surface area (TPSA) is 73.1 Å². The molecule has 7 heteroatoms. The Balaban J connectivity index is 1.47. The van der Waals surface area contributed by atoms with Crippen molar-refractivity contribution in [2.75, 3.05) is 20.2 Å². The third-order valence-corrected chi connectivity index (χ3v) is 5.23. The highest BCUT2D eigenvalue weighted by Crippen LogP contribution is 2.30. The Bertz CT molecular complexity index is 945. The number of aryl methyl sites for hydroxylation is 1. The van der Waals surface area contributed by atoms with Gasteiger partial charge in [0.15, 0.2) is 0 Å². The minimum atomic E-state index is 0.0188. The first-order chi connectivity index (χ1) is 13.7. The second-order valence-corrected chi connectivity index (χ2v) is 6.94. The molecule has 1 amide bonds. The van der Waals surface area contributed by atoms with E-state index >= 15 is 0 Å². The van der Waals surface area contributed by atoms with Crippen LogP contribution in [-0.2, 0) is 0 Å². The fourth-order valence-corrected chi connectivity index (χ4v) is 3.76. The van der Waals surface area contributed by atoms with Crippen molar-refractivity contribution in [3.8, 4) is 17.3 Å². The highest BCUT2D eigenvalue weighted by atomic mass is 16.5. The highest BCUT2D eigenvalue weighted by molar-refractivity contribution is 5.94. The molecule has 1 aliphatic heterocycles. The van der Waals surface area contributed by atoms with E-state index in [1.54, 1.807) is 37.8 Å². The van der Waals surface area contributed by atoms with Gasteiger partial charge in [0.1, 0.15) is 5.82 Å². The van der Waals surface area contributed by atoms with Crippen LogP contribution in [0, 0.1) is 6.92 Å². The molecule has 3 aromatic rings. The third-order valence-electron chi connectivity index (χ3n) is 5.23. The van der Waals surface area contributed by atoms with Gasteiger partial charge < -0.3 is 14.2 Å². The molecule has 3 aromatic heterocycles. The molecule has 1 saturated heterocycles. The molecule has 7 nitrogen and oxygen atoms in total. The molecule has 0 aromatic carbocycles. The number of piperidine rings is 1. The standard InChI is InChI=1S/C21H23N5O2/c1-15-13-24-20(16-5-9-22-10-6-16)26(15)18-7-11-25(12-8-18)21(27)17-3-4-19(28-2)23-14-17/h3-6,9-10,13-14,18H,7-8,11-12H2,1-2H3. The number of amides is 1. The number of carbonyl (C=O) groups excluding carboxylic acids is 1. The third kappa shape index (κ3) is 3.47. The zero-order valence-corrected chi connectivity index (χ0v) is 16.1. The summed E-state index contributed by atoms with van der Waals surface area (Å²) in [6.07, 6.45) is 8.85. The maximum absolute atomic E-state index is 12.8. The lowest BCUT2D eigenvalue weighted by Crippen LogP contribution is -2.39. The lowest BCUT2D eigenvalue weighted by atomic mass is 10.0. The van der Waals surface area contributed by atoms with Crippen LogP contribution in [0.5, 0.6) is 5.88 Å². The molecule has 0 spiro atoms. The zero-order valence-electron chi connectivity index (χ0n) is 16.1. The van der Waals surface area contributed by atoms with Crippen molar-refractivity contribution >= 4 is 5.91 Å². The molecule has 0 radical (unpaired) electrons. The minimum absolute atomic E-state index is 0.0188. The summed E-state index contributed by atoms with van der Waals surface area (Å²) in [4.78, 5) is 27.5. The van der Waals surface area contributed by atoms with Crippen LogP contribution in [0.2, 0.25) is 0 Å². The molecule has 0 saturated carbocycles. The summed E-state index contributed by atoms with van der Waals surface area (Å²) >= 11 is 0. The van der Waals surface area contributed by atoms with Gasteiger partial charge in [-0.05, 0) is 38.0 Å². The first-order valence-electron chi connectivity index (χ1n) is 9.41. The lowest BCUT2D eigenvalue weighted by molar-refractivity contribution is 0.0694. The molecule has 4 heterocycles. The second kappa shape index (κ2) is 7.80. The van der Waals surface area contributed by atoms with E-state index in [0.29, 0.717) is 30.6 Å². The van der Waals surface area contributed by atoms with Gasteiger partial charge in [0, 0.05) is 61.2 Å². The van der Waals surface area contributed by atoms with Crippen molar-refractivity contribution in [2.45, 2.75) is 25.8 Å². The Hall–Kier alpha value is -3.22. The van der Waals surface area contributed by atoms with Gasteiger partial charge in [-0.3, -0.25) is 9.78 Å². The van der Waals surface area contributed by atoms with Gasteiger partial charge in [0.2, 0.25) is 5.88 Å². The largest absolute Gasteiger partial charge is 0.481 e. The molecule has 28 heavy (non-hydrogen) atoms. The Kier molecular flexibility index (Phi) is 5.06. The number of aromatic nitrogens is 4. The number of carbonyl (C=O) groups is 1. The van der Waals surface area contributed by atoms with E-state index in [-0.39, 0.29) is 5.91 Å². The van der Waals surface area contributed by atoms with E-state index in [9.17, 15) is 4.79 Å². The van der Waals surface area contributed by atoms with Gasteiger partial charge >= 0.3 is 0 Å². The Morgan fingerprint density at radius 3 is 2.46 bits per heavy atom. The summed E-state index contributed by atoms with van der Waals surface area (Å²) in [6, 6.07) is 7.77. The van der Waals surface area contributed by atoms with Gasteiger partial charge in [-0.15, -0.1) is 0 Å². The number of rotatable bonds is 4. The first-order valence-corrected chi connectivity index (χ1v) is 9.41. The molecular weight excluding hydrogens is 354 g/mol. The van der Waals surface area contributed by atoms with Crippen molar-refractivity contribution in [3.63, 3.8) is 0 Å². The van der Waals surface area contributed by atoms with Crippen molar-refractivity contribution < 1.29 is 9.53 Å². The number of nitrogens with zero attached hydrogens (tertiary/aromatic N) is 5. The number of pyridine rings is 2. The van der Waals surface area contributed by atoms with Crippen molar-refractivity contribution in [1.29, 1.82) is 0 Å². The van der Waals surface area contributed by atoms with Gasteiger partial charge in [-0.25, -0.2) is 9.97 Å². The molecule has 0 atom stereocenters.